The van der Waals surface area contributed by atoms with Crippen LogP contribution in [0.25, 0.3) is 6.08 Å². The first-order valence-electron chi connectivity index (χ1n) is 8.63. The highest BCUT2D eigenvalue weighted by Crippen LogP contribution is 2.30. The van der Waals surface area contributed by atoms with Gasteiger partial charge in [-0.15, -0.1) is 0 Å². The van der Waals surface area contributed by atoms with Gasteiger partial charge in [0.15, 0.2) is 0 Å². The third-order valence-electron chi connectivity index (χ3n) is 4.27. The summed E-state index contributed by atoms with van der Waals surface area (Å²) in [6, 6.07) is 15.5. The Hall–Kier alpha value is -2.93. The normalized spacial score (nSPS) is 17.5. The summed E-state index contributed by atoms with van der Waals surface area (Å²) in [6.07, 6.45) is 1.69. The molecule has 27 heavy (non-hydrogen) atoms. The van der Waals surface area contributed by atoms with Crippen LogP contribution in [-0.2, 0) is 4.79 Å². The number of carbonyl (C=O) groups is 2. The van der Waals surface area contributed by atoms with E-state index in [2.05, 4.69) is 16.3 Å². The molecule has 0 unspecified atom stereocenters. The monoisotopic (exact) mass is 382 g/mol. The fourth-order valence-electron chi connectivity index (χ4n) is 2.97. The smallest absolute Gasteiger partial charge is 0.290 e. The Balaban J connectivity index is 1.33. The van der Waals surface area contributed by atoms with Crippen molar-refractivity contribution < 1.29 is 19.1 Å². The number of amides is 2. The summed E-state index contributed by atoms with van der Waals surface area (Å²) in [7, 11) is 0. The third kappa shape index (κ3) is 4.09. The Bertz CT molecular complexity index is 895. The molecule has 2 aliphatic heterocycles. The minimum Gasteiger partial charge on any atom is -0.492 e. The fraction of sp³-hybridized carbons (Fsp3) is 0.200. The summed E-state index contributed by atoms with van der Waals surface area (Å²) in [5.41, 5.74) is 1.94. The molecule has 2 amide bonds. The number of hydrogen-bond acceptors (Lipinski definition) is 6. The molecule has 2 aromatic carbocycles. The van der Waals surface area contributed by atoms with Crippen molar-refractivity contribution in [3.8, 4) is 11.5 Å². The summed E-state index contributed by atoms with van der Waals surface area (Å²) < 4.78 is 11.5. The largest absolute Gasteiger partial charge is 0.492 e. The van der Waals surface area contributed by atoms with Crippen LogP contribution in [0.4, 0.5) is 10.5 Å². The van der Waals surface area contributed by atoms with E-state index >= 15 is 0 Å². The lowest BCUT2D eigenvalue weighted by atomic mass is 10.2. The van der Waals surface area contributed by atoms with Gasteiger partial charge < -0.3 is 14.4 Å². The molecule has 0 atom stereocenters. The predicted molar refractivity (Wildman–Crippen MR) is 105 cm³/mol. The van der Waals surface area contributed by atoms with Crippen LogP contribution in [0.1, 0.15) is 5.56 Å². The summed E-state index contributed by atoms with van der Waals surface area (Å²) in [4.78, 5) is 25.4. The Kier molecular flexibility index (Phi) is 5.02. The molecule has 0 radical (unpaired) electrons. The van der Waals surface area contributed by atoms with Gasteiger partial charge in [-0.2, -0.15) is 0 Å². The van der Waals surface area contributed by atoms with Crippen LogP contribution in [0.5, 0.6) is 11.5 Å². The summed E-state index contributed by atoms with van der Waals surface area (Å²) in [5, 5.41) is 1.91. The van der Waals surface area contributed by atoms with E-state index in [4.69, 9.17) is 9.47 Å². The zero-order valence-corrected chi connectivity index (χ0v) is 15.3. The van der Waals surface area contributed by atoms with E-state index in [0.29, 0.717) is 18.1 Å². The number of benzene rings is 2. The van der Waals surface area contributed by atoms with Gasteiger partial charge in [-0.3, -0.25) is 14.9 Å². The van der Waals surface area contributed by atoms with E-state index in [1.807, 2.05) is 42.5 Å². The first kappa shape index (κ1) is 17.5. The molecule has 4 rings (SSSR count). The standard InChI is InChI=1S/C20H18N2O4S/c23-19-18(27-20(24)21-19)13-14-5-7-15(8-6-14)25-11-9-22-10-12-26-17-4-2-1-3-16(17)22/h1-8,13H,9-12H2,(H,21,23,24)/b18-13-. The van der Waals surface area contributed by atoms with Crippen molar-refractivity contribution in [3.05, 3.63) is 59.0 Å². The van der Waals surface area contributed by atoms with E-state index in [1.54, 1.807) is 6.08 Å². The molecule has 1 N–H and O–H groups in total. The van der Waals surface area contributed by atoms with Crippen LogP contribution >= 0.6 is 11.8 Å². The number of rotatable bonds is 5. The van der Waals surface area contributed by atoms with Crippen molar-refractivity contribution >= 4 is 34.7 Å². The van der Waals surface area contributed by atoms with Gasteiger partial charge in [0, 0.05) is 0 Å². The van der Waals surface area contributed by atoms with Gasteiger partial charge in [0.05, 0.1) is 23.7 Å². The lowest BCUT2D eigenvalue weighted by Crippen LogP contribution is -2.35. The van der Waals surface area contributed by atoms with Crippen molar-refractivity contribution in [2.75, 3.05) is 31.2 Å². The van der Waals surface area contributed by atoms with E-state index in [1.165, 1.54) is 0 Å². The molecular formula is C20H18N2O4S. The number of nitrogens with one attached hydrogen (secondary N) is 1. The molecular weight excluding hydrogens is 364 g/mol. The van der Waals surface area contributed by atoms with Gasteiger partial charge in [-0.25, -0.2) is 0 Å². The first-order valence-corrected chi connectivity index (χ1v) is 9.45. The topological polar surface area (TPSA) is 67.9 Å². The van der Waals surface area contributed by atoms with E-state index < -0.39 is 0 Å². The molecule has 0 aromatic heterocycles. The van der Waals surface area contributed by atoms with Gasteiger partial charge in [0.1, 0.15) is 24.7 Å². The predicted octanol–water partition coefficient (Wildman–Crippen LogP) is 3.29. The van der Waals surface area contributed by atoms with Crippen molar-refractivity contribution in [2.45, 2.75) is 0 Å². The lowest BCUT2D eigenvalue weighted by Gasteiger charge is -2.31. The molecule has 6 nitrogen and oxygen atoms in total. The van der Waals surface area contributed by atoms with Crippen LogP contribution in [0.3, 0.4) is 0 Å². The Morgan fingerprint density at radius 1 is 1.15 bits per heavy atom. The molecule has 2 aromatic rings. The zero-order valence-electron chi connectivity index (χ0n) is 14.5. The second-order valence-electron chi connectivity index (χ2n) is 6.07. The molecule has 1 saturated heterocycles. The highest BCUT2D eigenvalue weighted by atomic mass is 32.2. The lowest BCUT2D eigenvalue weighted by molar-refractivity contribution is -0.115. The molecule has 138 valence electrons. The molecule has 0 spiro atoms. The van der Waals surface area contributed by atoms with Crippen LogP contribution < -0.4 is 19.7 Å². The summed E-state index contributed by atoms with van der Waals surface area (Å²) >= 11 is 0.911. The maximum absolute atomic E-state index is 11.6. The highest BCUT2D eigenvalue weighted by molar-refractivity contribution is 8.18. The molecule has 2 heterocycles. The minimum atomic E-state index is -0.351. The number of imide groups is 1. The molecule has 1 fully saturated rings. The minimum absolute atomic E-state index is 0.337. The maximum Gasteiger partial charge on any atom is 0.290 e. The second kappa shape index (κ2) is 7.75. The summed E-state index contributed by atoms with van der Waals surface area (Å²) in [5.74, 6) is 1.32. The molecule has 7 heteroatoms. The van der Waals surface area contributed by atoms with E-state index in [0.717, 1.165) is 47.6 Å². The Morgan fingerprint density at radius 3 is 2.74 bits per heavy atom. The van der Waals surface area contributed by atoms with Gasteiger partial charge in [-0.05, 0) is 47.7 Å². The number of hydrogen-bond donors (Lipinski definition) is 1. The van der Waals surface area contributed by atoms with E-state index in [-0.39, 0.29) is 11.1 Å². The average molecular weight is 382 g/mol. The Labute approximate surface area is 161 Å². The summed E-state index contributed by atoms with van der Waals surface area (Å²) in [6.45, 7) is 2.84. The second-order valence-corrected chi connectivity index (χ2v) is 7.09. The first-order chi connectivity index (χ1) is 13.2. The number of ether oxygens (including phenoxy) is 2. The zero-order chi connectivity index (χ0) is 18.6. The third-order valence-corrected chi connectivity index (χ3v) is 5.09. The average Bonchev–Trinajstić information content (AvgIpc) is 3.00. The molecule has 0 aliphatic carbocycles. The van der Waals surface area contributed by atoms with E-state index in [9.17, 15) is 9.59 Å². The van der Waals surface area contributed by atoms with Crippen molar-refractivity contribution in [1.82, 2.24) is 5.32 Å². The maximum atomic E-state index is 11.6. The molecule has 0 bridgehead atoms. The number of nitrogens with zero attached hydrogens (tertiary/aromatic N) is 1. The van der Waals surface area contributed by atoms with Crippen molar-refractivity contribution in [1.29, 1.82) is 0 Å². The fourth-order valence-corrected chi connectivity index (χ4v) is 3.65. The number of para-hydroxylation sites is 2. The Morgan fingerprint density at radius 2 is 1.96 bits per heavy atom. The van der Waals surface area contributed by atoms with Crippen molar-refractivity contribution in [3.63, 3.8) is 0 Å². The molecule has 0 saturated carbocycles. The molecule has 2 aliphatic rings. The van der Waals surface area contributed by atoms with Gasteiger partial charge >= 0.3 is 0 Å². The number of thioether (sulfide) groups is 1. The number of fused-ring (bicyclic) bond motifs is 1. The SMILES string of the molecule is O=C1NC(=O)/C(=C/c2ccc(OCCN3CCOc4ccccc43)cc2)S1. The van der Waals surface area contributed by atoms with Gasteiger partial charge in [0.2, 0.25) is 0 Å². The van der Waals surface area contributed by atoms with Gasteiger partial charge in [-0.1, -0.05) is 24.3 Å². The van der Waals surface area contributed by atoms with Crippen LogP contribution in [0.15, 0.2) is 53.4 Å². The van der Waals surface area contributed by atoms with Crippen LogP contribution in [0.2, 0.25) is 0 Å². The van der Waals surface area contributed by atoms with Crippen LogP contribution in [-0.4, -0.2) is 37.4 Å². The quantitative estimate of drug-likeness (QED) is 0.801. The van der Waals surface area contributed by atoms with Gasteiger partial charge in [0.25, 0.3) is 11.1 Å². The van der Waals surface area contributed by atoms with Crippen molar-refractivity contribution in [2.24, 2.45) is 0 Å². The number of carbonyl (C=O) groups excluding carboxylic acids is 2. The number of anilines is 1. The van der Waals surface area contributed by atoms with Crippen LogP contribution in [0, 0.1) is 0 Å². The highest BCUT2D eigenvalue weighted by Gasteiger charge is 2.24.